The number of likely N-dealkylation sites (tertiary alicyclic amines) is 1. The number of benzene rings is 2. The summed E-state index contributed by atoms with van der Waals surface area (Å²) >= 11 is 2.07. The molecule has 0 amide bonds. The molecule has 0 aliphatic carbocycles. The molecular weight excluding hydrogens is 429 g/mol. The number of hydrogen-bond acceptors (Lipinski definition) is 4. The molecule has 0 unspecified atom stereocenters. The lowest BCUT2D eigenvalue weighted by molar-refractivity contribution is -0.0535. The summed E-state index contributed by atoms with van der Waals surface area (Å²) in [6, 6.07) is 16.4. The van der Waals surface area contributed by atoms with Gasteiger partial charge in [-0.25, -0.2) is 0 Å². The molecule has 0 saturated carbocycles. The summed E-state index contributed by atoms with van der Waals surface area (Å²) in [5.74, 6) is 0.189. The van der Waals surface area contributed by atoms with Gasteiger partial charge in [0, 0.05) is 19.1 Å². The molecule has 3 N–H and O–H groups in total. The SMILES string of the molecule is C[C@H](N1CCC(O)(c2ccccc2)CC1)[C@@](O)(I)c1ccc(O)cc1. The Hall–Kier alpha value is -1.15. The van der Waals surface area contributed by atoms with Crippen molar-refractivity contribution in [2.75, 3.05) is 13.1 Å². The van der Waals surface area contributed by atoms with Gasteiger partial charge in [-0.3, -0.25) is 4.90 Å². The van der Waals surface area contributed by atoms with Crippen LogP contribution in [0.25, 0.3) is 0 Å². The predicted octanol–water partition coefficient (Wildman–Crippen LogP) is 3.34. The number of nitrogens with zero attached hydrogens (tertiary/aromatic N) is 1. The van der Waals surface area contributed by atoms with Gasteiger partial charge in [0.15, 0.2) is 3.61 Å². The molecule has 4 nitrogen and oxygen atoms in total. The number of hydrogen-bond donors (Lipinski definition) is 3. The molecule has 1 aliphatic rings. The molecule has 1 heterocycles. The Morgan fingerprint density at radius 2 is 1.60 bits per heavy atom. The van der Waals surface area contributed by atoms with Gasteiger partial charge in [0.05, 0.1) is 5.60 Å². The Morgan fingerprint density at radius 3 is 2.16 bits per heavy atom. The Labute approximate surface area is 162 Å². The largest absolute Gasteiger partial charge is 0.508 e. The first kappa shape index (κ1) is 18.6. The third kappa shape index (κ3) is 3.84. The zero-order valence-corrected chi connectivity index (χ0v) is 16.4. The Bertz CT molecular complexity index is 695. The number of aliphatic hydroxyl groups is 2. The molecule has 2 aromatic carbocycles. The number of phenolic OH excluding ortho intramolecular Hbond substituents is 1. The maximum absolute atomic E-state index is 11.0. The van der Waals surface area contributed by atoms with Crippen molar-refractivity contribution in [3.8, 4) is 5.75 Å². The topological polar surface area (TPSA) is 63.9 Å². The van der Waals surface area contributed by atoms with Crippen LogP contribution in [0.5, 0.6) is 5.75 Å². The molecular formula is C20H24INO3. The lowest BCUT2D eigenvalue weighted by atomic mass is 9.83. The van der Waals surface area contributed by atoms with Crippen molar-refractivity contribution in [3.05, 3.63) is 65.7 Å². The number of halogens is 1. The average Bonchev–Trinajstić information content (AvgIpc) is 2.63. The summed E-state index contributed by atoms with van der Waals surface area (Å²) in [7, 11) is 0. The highest BCUT2D eigenvalue weighted by molar-refractivity contribution is 14.1. The normalized spacial score (nSPS) is 21.4. The summed E-state index contributed by atoms with van der Waals surface area (Å²) < 4.78 is -1.06. The molecule has 0 spiro atoms. The van der Waals surface area contributed by atoms with Gasteiger partial charge < -0.3 is 15.3 Å². The summed E-state index contributed by atoms with van der Waals surface area (Å²) in [5.41, 5.74) is 0.937. The number of alkyl halides is 1. The summed E-state index contributed by atoms with van der Waals surface area (Å²) in [6.07, 6.45) is 1.29. The maximum Gasteiger partial charge on any atom is 0.156 e. The van der Waals surface area contributed by atoms with Crippen LogP contribution in [0.15, 0.2) is 54.6 Å². The van der Waals surface area contributed by atoms with Gasteiger partial charge in [-0.15, -0.1) is 0 Å². The van der Waals surface area contributed by atoms with Gasteiger partial charge in [-0.1, -0.05) is 42.5 Å². The molecule has 3 rings (SSSR count). The molecule has 1 saturated heterocycles. The van der Waals surface area contributed by atoms with E-state index in [0.717, 1.165) is 24.2 Å². The molecule has 2 aromatic rings. The van der Waals surface area contributed by atoms with E-state index in [1.165, 1.54) is 0 Å². The number of piperidine rings is 1. The smallest absolute Gasteiger partial charge is 0.156 e. The first-order valence-electron chi connectivity index (χ1n) is 8.56. The van der Waals surface area contributed by atoms with E-state index >= 15 is 0 Å². The third-order valence-corrected chi connectivity index (χ3v) is 6.83. The van der Waals surface area contributed by atoms with Crippen LogP contribution in [0.4, 0.5) is 0 Å². The summed E-state index contributed by atoms with van der Waals surface area (Å²) in [5, 5.41) is 31.5. The summed E-state index contributed by atoms with van der Waals surface area (Å²) in [6.45, 7) is 3.44. The minimum absolute atomic E-state index is 0.113. The van der Waals surface area contributed by atoms with Crippen LogP contribution in [0.1, 0.15) is 30.9 Å². The van der Waals surface area contributed by atoms with Gasteiger partial charge >= 0.3 is 0 Å². The molecule has 0 radical (unpaired) electrons. The predicted molar refractivity (Wildman–Crippen MR) is 107 cm³/mol. The van der Waals surface area contributed by atoms with Crippen LogP contribution < -0.4 is 0 Å². The van der Waals surface area contributed by atoms with Gasteiger partial charge in [-0.2, -0.15) is 0 Å². The standard InChI is InChI=1S/C20H24INO3/c1-15(20(21,25)17-7-9-18(23)10-8-17)22-13-11-19(24,12-14-22)16-5-3-2-4-6-16/h2-10,15,23-25H,11-14H2,1H3/t15-,20-/m0/s1. The monoisotopic (exact) mass is 453 g/mol. The second kappa shape index (κ2) is 7.23. The van der Waals surface area contributed by atoms with Crippen LogP contribution in [0.3, 0.4) is 0 Å². The lowest BCUT2D eigenvalue weighted by Crippen LogP contribution is -2.51. The molecule has 5 heteroatoms. The number of rotatable bonds is 4. The van der Waals surface area contributed by atoms with Crippen molar-refractivity contribution in [2.45, 2.75) is 35.0 Å². The van der Waals surface area contributed by atoms with E-state index in [1.807, 2.05) is 37.3 Å². The maximum atomic E-state index is 11.0. The molecule has 2 atom stereocenters. The first-order chi connectivity index (χ1) is 11.8. The molecule has 1 aliphatic heterocycles. The fraction of sp³-hybridized carbons (Fsp3) is 0.400. The molecule has 25 heavy (non-hydrogen) atoms. The summed E-state index contributed by atoms with van der Waals surface area (Å²) in [4.78, 5) is 2.22. The van der Waals surface area contributed by atoms with E-state index in [4.69, 9.17) is 0 Å². The highest BCUT2D eigenvalue weighted by Gasteiger charge is 2.41. The molecule has 0 bridgehead atoms. The van der Waals surface area contributed by atoms with Crippen molar-refractivity contribution in [1.29, 1.82) is 0 Å². The molecule has 1 fully saturated rings. The van der Waals surface area contributed by atoms with Crippen LogP contribution >= 0.6 is 22.6 Å². The Morgan fingerprint density at radius 1 is 1.04 bits per heavy atom. The number of phenols is 1. The lowest BCUT2D eigenvalue weighted by Gasteiger charge is -2.44. The van der Waals surface area contributed by atoms with E-state index in [1.54, 1.807) is 24.3 Å². The van der Waals surface area contributed by atoms with Crippen molar-refractivity contribution in [3.63, 3.8) is 0 Å². The molecule has 0 aromatic heterocycles. The van der Waals surface area contributed by atoms with E-state index < -0.39 is 9.21 Å². The Kier molecular flexibility index (Phi) is 5.39. The van der Waals surface area contributed by atoms with Crippen molar-refractivity contribution in [1.82, 2.24) is 4.90 Å². The zero-order valence-electron chi connectivity index (χ0n) is 14.3. The van der Waals surface area contributed by atoms with Gasteiger partial charge in [0.1, 0.15) is 5.75 Å². The van der Waals surface area contributed by atoms with Crippen molar-refractivity contribution >= 4 is 22.6 Å². The minimum Gasteiger partial charge on any atom is -0.508 e. The van der Waals surface area contributed by atoms with Crippen LogP contribution in [0.2, 0.25) is 0 Å². The first-order valence-corrected chi connectivity index (χ1v) is 9.63. The number of aromatic hydroxyl groups is 1. The molecule has 134 valence electrons. The van der Waals surface area contributed by atoms with E-state index in [9.17, 15) is 15.3 Å². The van der Waals surface area contributed by atoms with Crippen LogP contribution in [-0.2, 0) is 9.21 Å². The Balaban J connectivity index is 1.70. The van der Waals surface area contributed by atoms with E-state index in [-0.39, 0.29) is 11.8 Å². The second-order valence-corrected chi connectivity index (χ2v) is 8.47. The van der Waals surface area contributed by atoms with Crippen LogP contribution in [-0.4, -0.2) is 39.4 Å². The van der Waals surface area contributed by atoms with Gasteiger partial charge in [0.2, 0.25) is 0 Å². The second-order valence-electron chi connectivity index (χ2n) is 6.83. The highest BCUT2D eigenvalue weighted by Crippen LogP contribution is 2.39. The third-order valence-electron chi connectivity index (χ3n) is 5.31. The van der Waals surface area contributed by atoms with Crippen molar-refractivity contribution in [2.24, 2.45) is 0 Å². The van der Waals surface area contributed by atoms with Gasteiger partial charge in [-0.05, 0) is 65.6 Å². The average molecular weight is 453 g/mol. The minimum atomic E-state index is -1.06. The fourth-order valence-corrected chi connectivity index (χ4v) is 4.25. The highest BCUT2D eigenvalue weighted by atomic mass is 127. The van der Waals surface area contributed by atoms with Crippen LogP contribution in [0, 0.1) is 0 Å². The quantitative estimate of drug-likeness (QED) is 0.491. The van der Waals surface area contributed by atoms with E-state index in [2.05, 4.69) is 27.5 Å². The van der Waals surface area contributed by atoms with Crippen molar-refractivity contribution < 1.29 is 15.3 Å². The zero-order chi connectivity index (χ0) is 18.1. The van der Waals surface area contributed by atoms with E-state index in [0.29, 0.717) is 12.8 Å². The fourth-order valence-electron chi connectivity index (χ4n) is 3.50. The van der Waals surface area contributed by atoms with Gasteiger partial charge in [0.25, 0.3) is 0 Å².